The molecule has 1 fully saturated rings. The minimum absolute atomic E-state index is 0.00387. The number of rotatable bonds is 10. The van der Waals surface area contributed by atoms with Gasteiger partial charge in [0.25, 0.3) is 0 Å². The smallest absolute Gasteiger partial charge is 0.325 e. The fraction of sp³-hybridized carbons (Fsp3) is 0.778. The Morgan fingerprint density at radius 3 is 2.54 bits per heavy atom. The minimum Gasteiger partial charge on any atom is -0.465 e. The van der Waals surface area contributed by atoms with Crippen molar-refractivity contribution in [3.8, 4) is 0 Å². The van der Waals surface area contributed by atoms with Crippen molar-refractivity contribution < 1.29 is 34.1 Å². The molecule has 0 bridgehead atoms. The number of nitrogens with zero attached hydrogens (tertiary/aromatic N) is 1. The highest BCUT2D eigenvalue weighted by Crippen LogP contribution is 2.20. The molecule has 0 spiro atoms. The van der Waals surface area contributed by atoms with Crippen LogP contribution in [0.4, 0.5) is 0 Å². The van der Waals surface area contributed by atoms with Crippen molar-refractivity contribution in [2.75, 3.05) is 32.8 Å². The molecule has 28 heavy (non-hydrogen) atoms. The van der Waals surface area contributed by atoms with Gasteiger partial charge >= 0.3 is 5.97 Å². The van der Waals surface area contributed by atoms with E-state index >= 15 is 0 Å². The van der Waals surface area contributed by atoms with Crippen LogP contribution >= 0.6 is 0 Å². The normalized spacial score (nSPS) is 17.8. The molecular weight excluding hydrogens is 370 g/mol. The highest BCUT2D eigenvalue weighted by Gasteiger charge is 2.35. The molecule has 0 radical (unpaired) electrons. The van der Waals surface area contributed by atoms with Crippen LogP contribution in [0.15, 0.2) is 0 Å². The molecule has 1 rings (SSSR count). The number of nitrogens with one attached hydrogen (secondary N) is 2. The lowest BCUT2D eigenvalue weighted by Crippen LogP contribution is -2.48. The number of hydrogen-bond donors (Lipinski definition) is 4. The molecule has 2 unspecified atom stereocenters. The Morgan fingerprint density at radius 2 is 1.93 bits per heavy atom. The van der Waals surface area contributed by atoms with E-state index in [1.807, 2.05) is 0 Å². The van der Waals surface area contributed by atoms with E-state index in [4.69, 9.17) is 4.74 Å². The number of amides is 3. The zero-order valence-corrected chi connectivity index (χ0v) is 16.7. The van der Waals surface area contributed by atoms with Gasteiger partial charge < -0.3 is 30.5 Å². The number of esters is 1. The second-order valence-corrected chi connectivity index (χ2v) is 7.36. The van der Waals surface area contributed by atoms with Gasteiger partial charge in [-0.05, 0) is 19.8 Å². The minimum atomic E-state index is -1.40. The maximum Gasteiger partial charge on any atom is 0.325 e. The summed E-state index contributed by atoms with van der Waals surface area (Å²) in [5.74, 6) is -1.93. The molecule has 1 aliphatic heterocycles. The zero-order chi connectivity index (χ0) is 21.3. The van der Waals surface area contributed by atoms with Crippen LogP contribution in [0.2, 0.25) is 0 Å². The first-order chi connectivity index (χ1) is 13.1. The molecule has 0 saturated carbocycles. The van der Waals surface area contributed by atoms with Gasteiger partial charge in [0.05, 0.1) is 13.2 Å². The molecule has 10 heteroatoms. The van der Waals surface area contributed by atoms with Crippen LogP contribution in [0.25, 0.3) is 0 Å². The van der Waals surface area contributed by atoms with Crippen molar-refractivity contribution in [2.45, 2.75) is 52.2 Å². The molecule has 0 aromatic carbocycles. The van der Waals surface area contributed by atoms with Crippen molar-refractivity contribution in [1.29, 1.82) is 0 Å². The van der Waals surface area contributed by atoms with E-state index in [-0.39, 0.29) is 38.6 Å². The van der Waals surface area contributed by atoms with Gasteiger partial charge in [0.1, 0.15) is 18.7 Å². The Morgan fingerprint density at radius 1 is 1.25 bits per heavy atom. The third-order valence-electron chi connectivity index (χ3n) is 4.62. The van der Waals surface area contributed by atoms with E-state index in [1.165, 1.54) is 4.90 Å². The number of ether oxygens (including phenoxy) is 1. The molecular formula is C18H31N3O7. The summed E-state index contributed by atoms with van der Waals surface area (Å²) >= 11 is 0. The van der Waals surface area contributed by atoms with Gasteiger partial charge in [0.2, 0.25) is 17.7 Å². The highest BCUT2D eigenvalue weighted by atomic mass is 16.5. The van der Waals surface area contributed by atoms with Gasteiger partial charge in [0, 0.05) is 24.9 Å². The number of carbonyl (C=O) groups excluding carboxylic acids is 4. The standard InChI is InChI=1S/C18H31N3O7/c1-4-28-14(24)10-20-16(26)12-6-5-9-21(12)13(23)7-8-19-17(27)15(25)18(2,3)11-22/h12,15,22,25H,4-11H2,1-3H3,(H,19,27)(H,20,26). The van der Waals surface area contributed by atoms with Gasteiger partial charge in [-0.15, -0.1) is 0 Å². The van der Waals surface area contributed by atoms with E-state index in [2.05, 4.69) is 10.6 Å². The van der Waals surface area contributed by atoms with Gasteiger partial charge in [-0.1, -0.05) is 13.8 Å². The summed E-state index contributed by atoms with van der Waals surface area (Å²) < 4.78 is 4.75. The predicted octanol–water partition coefficient (Wildman–Crippen LogP) is -1.46. The summed E-state index contributed by atoms with van der Waals surface area (Å²) in [4.78, 5) is 49.3. The quantitative estimate of drug-likeness (QED) is 0.327. The molecule has 0 aliphatic carbocycles. The molecule has 10 nitrogen and oxygen atoms in total. The fourth-order valence-corrected chi connectivity index (χ4v) is 2.80. The number of hydrogen-bond acceptors (Lipinski definition) is 7. The number of likely N-dealkylation sites (tertiary alicyclic amines) is 1. The van der Waals surface area contributed by atoms with Crippen molar-refractivity contribution in [3.63, 3.8) is 0 Å². The van der Waals surface area contributed by atoms with E-state index in [9.17, 15) is 29.4 Å². The second kappa shape index (κ2) is 11.0. The monoisotopic (exact) mass is 401 g/mol. The SMILES string of the molecule is CCOC(=O)CNC(=O)C1CCCN1C(=O)CCNC(=O)C(O)C(C)(C)CO. The van der Waals surface area contributed by atoms with Crippen LogP contribution in [-0.2, 0) is 23.9 Å². The Labute approximate surface area is 164 Å². The Kier molecular flexibility index (Phi) is 9.33. The predicted molar refractivity (Wildman–Crippen MR) is 98.9 cm³/mol. The van der Waals surface area contributed by atoms with Crippen LogP contribution in [-0.4, -0.2) is 83.8 Å². The van der Waals surface area contributed by atoms with Crippen molar-refractivity contribution in [1.82, 2.24) is 15.5 Å². The summed E-state index contributed by atoms with van der Waals surface area (Å²) in [5, 5.41) is 24.1. The molecule has 2 atom stereocenters. The summed E-state index contributed by atoms with van der Waals surface area (Å²) in [5.41, 5.74) is -0.995. The van der Waals surface area contributed by atoms with Gasteiger partial charge in [0.15, 0.2) is 0 Å². The van der Waals surface area contributed by atoms with Crippen molar-refractivity contribution in [3.05, 3.63) is 0 Å². The Balaban J connectivity index is 2.47. The topological polar surface area (TPSA) is 145 Å². The molecule has 1 aliphatic rings. The maximum atomic E-state index is 12.4. The van der Waals surface area contributed by atoms with Crippen LogP contribution in [0.3, 0.4) is 0 Å². The van der Waals surface area contributed by atoms with Gasteiger partial charge in [-0.3, -0.25) is 19.2 Å². The first-order valence-electron chi connectivity index (χ1n) is 9.43. The third-order valence-corrected chi connectivity index (χ3v) is 4.62. The van der Waals surface area contributed by atoms with E-state index in [1.54, 1.807) is 20.8 Å². The van der Waals surface area contributed by atoms with E-state index < -0.39 is 35.3 Å². The molecule has 3 amide bonds. The molecule has 1 saturated heterocycles. The van der Waals surface area contributed by atoms with Crippen LogP contribution in [0, 0.1) is 5.41 Å². The largest absolute Gasteiger partial charge is 0.465 e. The van der Waals surface area contributed by atoms with Gasteiger partial charge in [-0.2, -0.15) is 0 Å². The zero-order valence-electron chi connectivity index (χ0n) is 16.7. The van der Waals surface area contributed by atoms with Crippen LogP contribution in [0.1, 0.15) is 40.0 Å². The summed E-state index contributed by atoms with van der Waals surface area (Å²) in [6.07, 6.45) is -0.268. The third kappa shape index (κ3) is 6.75. The maximum absolute atomic E-state index is 12.4. The lowest BCUT2D eigenvalue weighted by Gasteiger charge is -2.27. The Hall–Kier alpha value is -2.20. The first-order valence-corrected chi connectivity index (χ1v) is 9.43. The molecule has 1 heterocycles. The fourth-order valence-electron chi connectivity index (χ4n) is 2.80. The average molecular weight is 401 g/mol. The van der Waals surface area contributed by atoms with Crippen molar-refractivity contribution >= 4 is 23.7 Å². The number of aliphatic hydroxyl groups is 2. The molecule has 0 aromatic rings. The number of carbonyl (C=O) groups is 4. The average Bonchev–Trinajstić information content (AvgIpc) is 3.15. The Bertz CT molecular complexity index is 580. The lowest BCUT2D eigenvalue weighted by molar-refractivity contribution is -0.144. The summed E-state index contributed by atoms with van der Waals surface area (Å²) in [6.45, 7) is 4.79. The molecule has 4 N–H and O–H groups in total. The first kappa shape index (κ1) is 23.8. The van der Waals surface area contributed by atoms with Crippen LogP contribution < -0.4 is 10.6 Å². The summed E-state index contributed by atoms with van der Waals surface area (Å²) in [6, 6.07) is -0.656. The van der Waals surface area contributed by atoms with Gasteiger partial charge in [-0.25, -0.2) is 0 Å². The van der Waals surface area contributed by atoms with Crippen molar-refractivity contribution in [2.24, 2.45) is 5.41 Å². The molecule has 160 valence electrons. The summed E-state index contributed by atoms with van der Waals surface area (Å²) in [7, 11) is 0. The van der Waals surface area contributed by atoms with Crippen LogP contribution in [0.5, 0.6) is 0 Å². The van der Waals surface area contributed by atoms with E-state index in [0.29, 0.717) is 19.4 Å². The number of aliphatic hydroxyl groups excluding tert-OH is 2. The van der Waals surface area contributed by atoms with E-state index in [0.717, 1.165) is 0 Å². The lowest BCUT2D eigenvalue weighted by atomic mass is 9.87. The molecule has 0 aromatic heterocycles. The second-order valence-electron chi connectivity index (χ2n) is 7.36. The highest BCUT2D eigenvalue weighted by molar-refractivity contribution is 5.90.